The zero-order valence-electron chi connectivity index (χ0n) is 11.4. The van der Waals surface area contributed by atoms with Crippen LogP contribution in [0, 0.1) is 10.8 Å². The molecule has 15 heavy (non-hydrogen) atoms. The first-order valence-electron chi connectivity index (χ1n) is 6.31. The Kier molecular flexibility index (Phi) is 3.86. The zero-order chi connectivity index (χ0) is 11.7. The molecule has 0 radical (unpaired) electrons. The predicted molar refractivity (Wildman–Crippen MR) is 66.0 cm³/mol. The van der Waals surface area contributed by atoms with E-state index in [0.29, 0.717) is 23.0 Å². The van der Waals surface area contributed by atoms with Crippen LogP contribution < -0.4 is 0 Å². The fourth-order valence-corrected chi connectivity index (χ4v) is 2.45. The molecule has 90 valence electrons. The maximum absolute atomic E-state index is 6.11. The summed E-state index contributed by atoms with van der Waals surface area (Å²) in [7, 11) is 0. The van der Waals surface area contributed by atoms with E-state index in [1.807, 2.05) is 0 Å². The molecule has 0 aromatic rings. The van der Waals surface area contributed by atoms with Crippen LogP contribution in [-0.2, 0) is 4.74 Å². The fourth-order valence-electron chi connectivity index (χ4n) is 2.45. The van der Waals surface area contributed by atoms with Crippen molar-refractivity contribution in [2.45, 2.75) is 79.4 Å². The van der Waals surface area contributed by atoms with E-state index in [0.717, 1.165) is 0 Å². The molecule has 1 fully saturated rings. The Hall–Kier alpha value is -0.0400. The van der Waals surface area contributed by atoms with Gasteiger partial charge in [-0.05, 0) is 36.5 Å². The second-order valence-corrected chi connectivity index (χ2v) is 7.49. The largest absolute Gasteiger partial charge is 0.375 e. The molecule has 1 rings (SSSR count). The average Bonchev–Trinajstić information content (AvgIpc) is 2.28. The van der Waals surface area contributed by atoms with Gasteiger partial charge in [0.25, 0.3) is 0 Å². The third kappa shape index (κ3) is 5.55. The van der Waals surface area contributed by atoms with Crippen molar-refractivity contribution in [1.29, 1.82) is 0 Å². The topological polar surface area (TPSA) is 9.23 Å². The highest BCUT2D eigenvalue weighted by molar-refractivity contribution is 4.80. The SMILES string of the molecule is CC(C)(C)CC1CCC(CC(C)(C)C)O1. The molecule has 1 aliphatic rings. The van der Waals surface area contributed by atoms with E-state index in [-0.39, 0.29) is 0 Å². The molecule has 0 N–H and O–H groups in total. The lowest BCUT2D eigenvalue weighted by molar-refractivity contribution is 0.00464. The van der Waals surface area contributed by atoms with Crippen molar-refractivity contribution in [2.24, 2.45) is 10.8 Å². The molecule has 0 aliphatic carbocycles. The molecular formula is C14H28O. The lowest BCUT2D eigenvalue weighted by Crippen LogP contribution is -2.21. The van der Waals surface area contributed by atoms with Crippen molar-refractivity contribution in [3.8, 4) is 0 Å². The maximum atomic E-state index is 6.11. The van der Waals surface area contributed by atoms with Gasteiger partial charge in [0.15, 0.2) is 0 Å². The Morgan fingerprint density at radius 3 is 1.40 bits per heavy atom. The van der Waals surface area contributed by atoms with Gasteiger partial charge >= 0.3 is 0 Å². The van der Waals surface area contributed by atoms with Gasteiger partial charge in [-0.3, -0.25) is 0 Å². The second-order valence-electron chi connectivity index (χ2n) is 7.49. The quantitative estimate of drug-likeness (QED) is 0.659. The molecule has 0 bridgehead atoms. The molecule has 0 amide bonds. The smallest absolute Gasteiger partial charge is 0.0584 e. The van der Waals surface area contributed by atoms with Crippen molar-refractivity contribution in [2.75, 3.05) is 0 Å². The van der Waals surface area contributed by atoms with Gasteiger partial charge < -0.3 is 4.74 Å². The van der Waals surface area contributed by atoms with E-state index in [1.165, 1.54) is 25.7 Å². The van der Waals surface area contributed by atoms with Gasteiger partial charge in [0.1, 0.15) is 0 Å². The minimum atomic E-state index is 0.404. The molecule has 0 spiro atoms. The summed E-state index contributed by atoms with van der Waals surface area (Å²) in [6.07, 6.45) is 5.95. The number of ether oxygens (including phenoxy) is 1. The second kappa shape index (κ2) is 4.45. The van der Waals surface area contributed by atoms with Crippen LogP contribution in [0.1, 0.15) is 67.2 Å². The van der Waals surface area contributed by atoms with Crippen molar-refractivity contribution >= 4 is 0 Å². The maximum Gasteiger partial charge on any atom is 0.0584 e. The summed E-state index contributed by atoms with van der Waals surface area (Å²) in [6.45, 7) is 13.8. The van der Waals surface area contributed by atoms with Crippen molar-refractivity contribution in [1.82, 2.24) is 0 Å². The third-order valence-corrected chi connectivity index (χ3v) is 2.88. The zero-order valence-corrected chi connectivity index (χ0v) is 11.4. The molecule has 1 heterocycles. The van der Waals surface area contributed by atoms with Gasteiger partial charge in [-0.1, -0.05) is 41.5 Å². The van der Waals surface area contributed by atoms with Crippen molar-refractivity contribution < 1.29 is 4.74 Å². The monoisotopic (exact) mass is 212 g/mol. The Balaban J connectivity index is 2.33. The molecule has 2 unspecified atom stereocenters. The first-order chi connectivity index (χ1) is 6.66. The van der Waals surface area contributed by atoms with Crippen molar-refractivity contribution in [3.05, 3.63) is 0 Å². The Morgan fingerprint density at radius 1 is 0.800 bits per heavy atom. The molecule has 1 aliphatic heterocycles. The highest BCUT2D eigenvalue weighted by Gasteiger charge is 2.30. The van der Waals surface area contributed by atoms with Crippen LogP contribution in [-0.4, -0.2) is 12.2 Å². The Bertz CT molecular complexity index is 172. The summed E-state index contributed by atoms with van der Waals surface area (Å²) >= 11 is 0. The molecule has 0 aromatic heterocycles. The summed E-state index contributed by atoms with van der Waals surface area (Å²) in [5, 5.41) is 0. The highest BCUT2D eigenvalue weighted by Crippen LogP contribution is 2.34. The molecule has 0 saturated carbocycles. The lowest BCUT2D eigenvalue weighted by Gasteiger charge is -2.25. The van der Waals surface area contributed by atoms with Crippen molar-refractivity contribution in [3.63, 3.8) is 0 Å². The van der Waals surface area contributed by atoms with Gasteiger partial charge in [0.2, 0.25) is 0 Å². The van der Waals surface area contributed by atoms with E-state index in [4.69, 9.17) is 4.74 Å². The van der Waals surface area contributed by atoms with Crippen LogP contribution in [0.4, 0.5) is 0 Å². The van der Waals surface area contributed by atoms with E-state index in [2.05, 4.69) is 41.5 Å². The van der Waals surface area contributed by atoms with Crippen LogP contribution in [0.25, 0.3) is 0 Å². The van der Waals surface area contributed by atoms with Gasteiger partial charge in [0, 0.05) is 0 Å². The molecule has 0 aromatic carbocycles. The van der Waals surface area contributed by atoms with E-state index in [9.17, 15) is 0 Å². The first kappa shape index (κ1) is 13.0. The normalized spacial score (nSPS) is 28.4. The summed E-state index contributed by atoms with van der Waals surface area (Å²) in [5.74, 6) is 0. The van der Waals surface area contributed by atoms with Gasteiger partial charge in [-0.2, -0.15) is 0 Å². The molecular weight excluding hydrogens is 184 g/mol. The average molecular weight is 212 g/mol. The van der Waals surface area contributed by atoms with Crippen LogP contribution in [0.3, 0.4) is 0 Å². The standard InChI is InChI=1S/C14H28O/c1-13(2,3)9-11-7-8-12(15-11)10-14(4,5)6/h11-12H,7-10H2,1-6H3. The number of hydrogen-bond donors (Lipinski definition) is 0. The van der Waals surface area contributed by atoms with Gasteiger partial charge in [0.05, 0.1) is 12.2 Å². The first-order valence-corrected chi connectivity index (χ1v) is 6.31. The summed E-state index contributed by atoms with van der Waals surface area (Å²) in [6, 6.07) is 0. The van der Waals surface area contributed by atoms with Gasteiger partial charge in [-0.25, -0.2) is 0 Å². The predicted octanol–water partition coefficient (Wildman–Crippen LogP) is 4.41. The van der Waals surface area contributed by atoms with Crippen LogP contribution in [0.2, 0.25) is 0 Å². The minimum Gasteiger partial charge on any atom is -0.375 e. The number of rotatable bonds is 2. The summed E-state index contributed by atoms with van der Waals surface area (Å²) < 4.78 is 6.11. The molecule has 1 nitrogen and oxygen atoms in total. The fraction of sp³-hybridized carbons (Fsp3) is 1.00. The van der Waals surface area contributed by atoms with Crippen LogP contribution in [0.15, 0.2) is 0 Å². The van der Waals surface area contributed by atoms with Crippen LogP contribution in [0.5, 0.6) is 0 Å². The third-order valence-electron chi connectivity index (χ3n) is 2.88. The van der Waals surface area contributed by atoms with Crippen LogP contribution >= 0.6 is 0 Å². The van der Waals surface area contributed by atoms with E-state index in [1.54, 1.807) is 0 Å². The Labute approximate surface area is 95.6 Å². The lowest BCUT2D eigenvalue weighted by atomic mass is 9.87. The molecule has 1 saturated heterocycles. The van der Waals surface area contributed by atoms with E-state index >= 15 is 0 Å². The molecule has 2 atom stereocenters. The number of hydrogen-bond acceptors (Lipinski definition) is 1. The highest BCUT2D eigenvalue weighted by atomic mass is 16.5. The summed E-state index contributed by atoms with van der Waals surface area (Å²) in [4.78, 5) is 0. The Morgan fingerprint density at radius 2 is 1.13 bits per heavy atom. The molecule has 1 heteroatoms. The summed E-state index contributed by atoms with van der Waals surface area (Å²) in [5.41, 5.74) is 0.808. The minimum absolute atomic E-state index is 0.404. The van der Waals surface area contributed by atoms with Gasteiger partial charge in [-0.15, -0.1) is 0 Å². The van der Waals surface area contributed by atoms with E-state index < -0.39 is 0 Å².